The van der Waals surface area contributed by atoms with Crippen molar-refractivity contribution in [3.63, 3.8) is 0 Å². The van der Waals surface area contributed by atoms with E-state index in [0.29, 0.717) is 22.9 Å². The summed E-state index contributed by atoms with van der Waals surface area (Å²) in [6, 6.07) is 12.0. The fourth-order valence-electron chi connectivity index (χ4n) is 4.77. The minimum absolute atomic E-state index is 0.104. The molecule has 0 spiro atoms. The first-order chi connectivity index (χ1) is 24.4. The Kier molecular flexibility index (Phi) is 12.8. The molecule has 15 heteroatoms. The minimum atomic E-state index is -0.223. The fourth-order valence-corrected chi connectivity index (χ4v) is 4.77. The molecule has 266 valence electrons. The van der Waals surface area contributed by atoms with Crippen molar-refractivity contribution < 1.29 is 14.3 Å². The van der Waals surface area contributed by atoms with Gasteiger partial charge in [-0.05, 0) is 53.2 Å². The third-order valence-electron chi connectivity index (χ3n) is 7.39. The number of hydrogen-bond acceptors (Lipinski definition) is 10. The summed E-state index contributed by atoms with van der Waals surface area (Å²) in [5.74, 6) is 1.07. The molecule has 5 heterocycles. The smallest absolute Gasteiger partial charge is 0.326 e. The van der Waals surface area contributed by atoms with Crippen molar-refractivity contribution in [1.82, 2.24) is 44.6 Å². The lowest BCUT2D eigenvalue weighted by atomic mass is 10.1. The molecule has 3 amide bonds. The molecule has 1 aromatic carbocycles. The third-order valence-corrected chi connectivity index (χ3v) is 7.39. The number of aromatic nitrogens is 6. The molecule has 2 aliphatic rings. The molecule has 2 aliphatic heterocycles. The first-order valence-electron chi connectivity index (χ1n) is 16.5. The molecular formula is C36H44N12O3. The lowest BCUT2D eigenvalue weighted by Gasteiger charge is -2.26. The van der Waals surface area contributed by atoms with E-state index in [9.17, 15) is 9.59 Å². The van der Waals surface area contributed by atoms with Crippen LogP contribution in [0.2, 0.25) is 0 Å². The Morgan fingerprint density at radius 2 is 1.71 bits per heavy atom. The van der Waals surface area contributed by atoms with Crippen molar-refractivity contribution in [1.29, 1.82) is 5.26 Å². The maximum absolute atomic E-state index is 12.3. The van der Waals surface area contributed by atoms with Gasteiger partial charge < -0.3 is 24.5 Å². The molecule has 3 N–H and O–H groups in total. The summed E-state index contributed by atoms with van der Waals surface area (Å²) in [5.41, 5.74) is 4.27. The highest BCUT2D eigenvalue weighted by atomic mass is 16.5. The van der Waals surface area contributed by atoms with Gasteiger partial charge in [0, 0.05) is 30.0 Å². The predicted molar refractivity (Wildman–Crippen MR) is 197 cm³/mol. The Hall–Kier alpha value is -6.30. The average Bonchev–Trinajstić information content (AvgIpc) is 3.72. The van der Waals surface area contributed by atoms with Crippen molar-refractivity contribution >= 4 is 46.9 Å². The SMILES string of the molecule is C=C1C=CN(C(C)C)C(=O)N1.C=C1NC=Nc2c1ncn2C(C)C.CC(C)n1cnc2c(OCCC#N)nc(NC(=O)Cc3ccccc3)nc21. The van der Waals surface area contributed by atoms with Crippen LogP contribution in [0.5, 0.6) is 5.88 Å². The highest BCUT2D eigenvalue weighted by molar-refractivity contribution is 5.92. The number of rotatable bonds is 9. The Morgan fingerprint density at radius 3 is 2.35 bits per heavy atom. The monoisotopic (exact) mass is 692 g/mol. The topological polar surface area (TPSA) is 180 Å². The van der Waals surface area contributed by atoms with E-state index >= 15 is 0 Å². The van der Waals surface area contributed by atoms with Crippen molar-refractivity contribution in [2.45, 2.75) is 72.5 Å². The van der Waals surface area contributed by atoms with Crippen molar-refractivity contribution in [3.05, 3.63) is 85.4 Å². The van der Waals surface area contributed by atoms with Crippen LogP contribution in [0, 0.1) is 11.3 Å². The van der Waals surface area contributed by atoms with Gasteiger partial charge in [-0.15, -0.1) is 0 Å². The molecule has 0 fully saturated rings. The number of hydrogen-bond donors (Lipinski definition) is 3. The lowest BCUT2D eigenvalue weighted by Crippen LogP contribution is -2.42. The number of aliphatic imine (C=N–C) groups is 1. The molecule has 0 aliphatic carbocycles. The van der Waals surface area contributed by atoms with E-state index in [1.165, 1.54) is 0 Å². The Bertz CT molecular complexity index is 1970. The van der Waals surface area contributed by atoms with E-state index in [1.54, 1.807) is 36.2 Å². The minimum Gasteiger partial charge on any atom is -0.475 e. The number of ether oxygens (including phenoxy) is 1. The van der Waals surface area contributed by atoms with Gasteiger partial charge in [0.05, 0.1) is 43.6 Å². The summed E-state index contributed by atoms with van der Waals surface area (Å²) in [7, 11) is 0. The number of allylic oxidation sites excluding steroid dienone is 1. The van der Waals surface area contributed by atoms with E-state index in [4.69, 9.17) is 10.00 Å². The van der Waals surface area contributed by atoms with Crippen LogP contribution in [0.25, 0.3) is 16.9 Å². The molecule has 0 saturated carbocycles. The van der Waals surface area contributed by atoms with E-state index in [0.717, 1.165) is 22.8 Å². The zero-order chi connectivity index (χ0) is 37.1. The average molecular weight is 693 g/mol. The quantitative estimate of drug-likeness (QED) is 0.177. The summed E-state index contributed by atoms with van der Waals surface area (Å²) < 4.78 is 9.49. The second-order valence-electron chi connectivity index (χ2n) is 12.3. The van der Waals surface area contributed by atoms with E-state index in [-0.39, 0.29) is 55.3 Å². The Labute approximate surface area is 297 Å². The van der Waals surface area contributed by atoms with E-state index in [1.807, 2.05) is 73.2 Å². The van der Waals surface area contributed by atoms with Gasteiger partial charge in [0.2, 0.25) is 17.7 Å². The standard InChI is InChI=1S/C19H20N6O2.C9H12N4.C8H12N2O/c1-13(2)25-12-21-16-17(25)23-19(24-18(16)27-10-6-9-20)22-15(26)11-14-7-4-3-5-8-14;1-6(2)13-5-12-8-7(3)10-4-11-9(8)13;1-6(2)10-5-4-7(3)9-8(10)11/h3-5,7-8,12-13H,6,10-11H2,1-2H3,(H,22,23,24,26);4-6H,3H2,1-2H3,(H,10,11);4-6H,3H2,1-2H3,(H,9,11). The Morgan fingerprint density at radius 1 is 1.00 bits per heavy atom. The highest BCUT2D eigenvalue weighted by Crippen LogP contribution is 2.28. The second-order valence-corrected chi connectivity index (χ2v) is 12.3. The summed E-state index contributed by atoms with van der Waals surface area (Å²) in [5, 5.41) is 17.0. The zero-order valence-corrected chi connectivity index (χ0v) is 29.8. The Balaban J connectivity index is 0.000000200. The first kappa shape index (κ1) is 37.5. The maximum Gasteiger partial charge on any atom is 0.326 e. The number of fused-ring (bicyclic) bond motifs is 2. The van der Waals surface area contributed by atoms with Gasteiger partial charge in [0.1, 0.15) is 12.3 Å². The number of nitrogens with zero attached hydrogens (tertiary/aromatic N) is 9. The molecular weight excluding hydrogens is 648 g/mol. The van der Waals surface area contributed by atoms with Crippen LogP contribution in [0.4, 0.5) is 16.6 Å². The van der Waals surface area contributed by atoms with Gasteiger partial charge in [-0.25, -0.2) is 19.8 Å². The van der Waals surface area contributed by atoms with E-state index < -0.39 is 0 Å². The van der Waals surface area contributed by atoms with Crippen LogP contribution in [0.15, 0.2) is 79.1 Å². The summed E-state index contributed by atoms with van der Waals surface area (Å²) in [4.78, 5) is 46.6. The number of amides is 3. The highest BCUT2D eigenvalue weighted by Gasteiger charge is 2.19. The number of nitriles is 1. The number of nitrogens with one attached hydrogen (secondary N) is 3. The number of urea groups is 1. The zero-order valence-electron chi connectivity index (χ0n) is 29.8. The molecule has 4 aromatic rings. The lowest BCUT2D eigenvalue weighted by molar-refractivity contribution is -0.115. The van der Waals surface area contributed by atoms with Gasteiger partial charge in [-0.2, -0.15) is 15.2 Å². The van der Waals surface area contributed by atoms with Crippen molar-refractivity contribution in [2.75, 3.05) is 11.9 Å². The van der Waals surface area contributed by atoms with Crippen LogP contribution in [-0.2, 0) is 11.2 Å². The predicted octanol–water partition coefficient (Wildman–Crippen LogP) is 6.03. The third kappa shape index (κ3) is 9.88. The molecule has 3 aromatic heterocycles. The van der Waals surface area contributed by atoms with Gasteiger partial charge in [-0.3, -0.25) is 15.0 Å². The van der Waals surface area contributed by atoms with Crippen LogP contribution in [0.3, 0.4) is 0 Å². The molecule has 15 nitrogen and oxygen atoms in total. The number of carbonyl (C=O) groups is 2. The summed E-state index contributed by atoms with van der Waals surface area (Å²) in [6.45, 7) is 19.8. The number of imidazole rings is 2. The van der Waals surface area contributed by atoms with Crippen LogP contribution in [0.1, 0.15) is 71.3 Å². The largest absolute Gasteiger partial charge is 0.475 e. The van der Waals surface area contributed by atoms with Crippen LogP contribution < -0.4 is 20.7 Å². The fraction of sp³-hybridized carbons (Fsp3) is 0.333. The number of anilines is 1. The molecule has 0 atom stereocenters. The maximum atomic E-state index is 12.3. The van der Waals surface area contributed by atoms with Crippen LogP contribution >= 0.6 is 0 Å². The molecule has 0 saturated heterocycles. The van der Waals surface area contributed by atoms with Crippen molar-refractivity contribution in [2.24, 2.45) is 4.99 Å². The second kappa shape index (κ2) is 17.4. The summed E-state index contributed by atoms with van der Waals surface area (Å²) in [6.07, 6.45) is 9.07. The first-order valence-corrected chi connectivity index (χ1v) is 16.5. The van der Waals surface area contributed by atoms with Gasteiger partial charge >= 0.3 is 6.03 Å². The number of carbonyl (C=O) groups excluding carboxylic acids is 2. The van der Waals surface area contributed by atoms with Crippen LogP contribution in [-0.4, -0.2) is 64.9 Å². The van der Waals surface area contributed by atoms with Crippen molar-refractivity contribution in [3.8, 4) is 11.9 Å². The molecule has 51 heavy (non-hydrogen) atoms. The van der Waals surface area contributed by atoms with E-state index in [2.05, 4.69) is 67.9 Å². The van der Waals surface area contributed by atoms with Gasteiger partial charge in [0.15, 0.2) is 17.0 Å². The number of benzene rings is 1. The normalized spacial score (nSPS) is 13.2. The molecule has 0 unspecified atom stereocenters. The molecule has 6 rings (SSSR count). The molecule has 0 radical (unpaired) electrons. The molecule has 0 bridgehead atoms. The van der Waals surface area contributed by atoms with Gasteiger partial charge in [-0.1, -0.05) is 43.5 Å². The van der Waals surface area contributed by atoms with Gasteiger partial charge in [0.25, 0.3) is 0 Å². The summed E-state index contributed by atoms with van der Waals surface area (Å²) >= 11 is 0.